The third-order valence-electron chi connectivity index (χ3n) is 5.54. The zero-order valence-electron chi connectivity index (χ0n) is 16.1. The maximum absolute atomic E-state index is 12.9. The third kappa shape index (κ3) is 3.60. The number of phenolic OH excluding ortho intramolecular Hbond substituents is 1. The molecule has 1 aliphatic rings. The van der Waals surface area contributed by atoms with E-state index in [1.165, 1.54) is 0 Å². The lowest BCUT2D eigenvalue weighted by atomic mass is 9.95. The summed E-state index contributed by atoms with van der Waals surface area (Å²) in [7, 11) is 1.71. The van der Waals surface area contributed by atoms with Crippen LogP contribution in [0.2, 0.25) is 0 Å². The molecule has 1 atom stereocenters. The summed E-state index contributed by atoms with van der Waals surface area (Å²) in [4.78, 5) is 14.8. The van der Waals surface area contributed by atoms with E-state index in [-0.39, 0.29) is 11.7 Å². The van der Waals surface area contributed by atoms with E-state index in [9.17, 15) is 9.90 Å². The third-order valence-corrected chi connectivity index (χ3v) is 5.54. The zero-order valence-corrected chi connectivity index (χ0v) is 16.1. The summed E-state index contributed by atoms with van der Waals surface area (Å²) >= 11 is 0. The van der Waals surface area contributed by atoms with Crippen molar-refractivity contribution in [2.45, 2.75) is 12.8 Å². The molecule has 0 spiro atoms. The fraction of sp³-hybridized carbons (Fsp3) is 0.292. The molecule has 1 N–H and O–H groups in total. The Labute approximate surface area is 165 Å². The molecule has 0 unspecified atom stereocenters. The molecule has 1 fully saturated rings. The molecule has 0 saturated carbocycles. The van der Waals surface area contributed by atoms with Gasteiger partial charge in [0.2, 0.25) is 0 Å². The van der Waals surface area contributed by atoms with Crippen molar-refractivity contribution in [3.63, 3.8) is 0 Å². The molecule has 0 aromatic heterocycles. The number of hydrogen-bond acceptors (Lipinski definition) is 3. The average molecular weight is 375 g/mol. The molecule has 1 amide bonds. The molecule has 0 bridgehead atoms. The largest absolute Gasteiger partial charge is 0.507 e. The van der Waals surface area contributed by atoms with Crippen molar-refractivity contribution in [1.82, 2.24) is 4.90 Å². The van der Waals surface area contributed by atoms with E-state index in [0.29, 0.717) is 18.1 Å². The van der Waals surface area contributed by atoms with Gasteiger partial charge < -0.3 is 14.7 Å². The van der Waals surface area contributed by atoms with Crippen molar-refractivity contribution in [2.24, 2.45) is 5.92 Å². The summed E-state index contributed by atoms with van der Waals surface area (Å²) in [5.74, 6) is 0.723. The summed E-state index contributed by atoms with van der Waals surface area (Å²) < 4.78 is 5.26. The van der Waals surface area contributed by atoms with Gasteiger partial charge in [-0.05, 0) is 53.3 Å². The van der Waals surface area contributed by atoms with Gasteiger partial charge in [0.25, 0.3) is 5.91 Å². The van der Waals surface area contributed by atoms with Crippen LogP contribution in [-0.2, 0) is 4.74 Å². The van der Waals surface area contributed by atoms with Gasteiger partial charge >= 0.3 is 0 Å². The number of amides is 1. The molecule has 1 heterocycles. The highest BCUT2D eigenvalue weighted by Gasteiger charge is 2.24. The first-order valence-electron chi connectivity index (χ1n) is 9.76. The monoisotopic (exact) mass is 375 g/mol. The quantitative estimate of drug-likeness (QED) is 0.718. The van der Waals surface area contributed by atoms with Crippen molar-refractivity contribution in [2.75, 3.05) is 26.8 Å². The Morgan fingerprint density at radius 2 is 1.89 bits per heavy atom. The van der Waals surface area contributed by atoms with Gasteiger partial charge in [0, 0.05) is 31.3 Å². The fourth-order valence-electron chi connectivity index (χ4n) is 4.15. The molecule has 3 aromatic rings. The summed E-state index contributed by atoms with van der Waals surface area (Å²) in [5, 5.41) is 12.5. The van der Waals surface area contributed by atoms with Crippen molar-refractivity contribution in [3.8, 4) is 16.9 Å². The van der Waals surface area contributed by atoms with Crippen LogP contribution < -0.4 is 0 Å². The van der Waals surface area contributed by atoms with Crippen LogP contribution in [0.15, 0.2) is 60.7 Å². The van der Waals surface area contributed by atoms with Crippen LogP contribution in [-0.4, -0.2) is 42.7 Å². The van der Waals surface area contributed by atoms with Gasteiger partial charge in [0.1, 0.15) is 5.75 Å². The van der Waals surface area contributed by atoms with Gasteiger partial charge in [-0.25, -0.2) is 0 Å². The minimum atomic E-state index is 0.0643. The fourth-order valence-corrected chi connectivity index (χ4v) is 4.15. The summed E-state index contributed by atoms with van der Waals surface area (Å²) in [6.07, 6.45) is 2.12. The standard InChI is InChI=1S/C24H25NO3/c1-28-16-17-5-4-14-25(15-17)24(27)20-10-8-19(9-11-20)23-21-7-3-2-6-18(21)12-13-22(23)26/h2-3,6-13,17,26H,4-5,14-16H2,1H3/t17-/m0/s1. The predicted molar refractivity (Wildman–Crippen MR) is 112 cm³/mol. The number of carbonyl (C=O) groups is 1. The lowest BCUT2D eigenvalue weighted by Gasteiger charge is -2.32. The predicted octanol–water partition coefficient (Wildman–Crippen LogP) is 4.71. The summed E-state index contributed by atoms with van der Waals surface area (Å²) in [6, 6.07) is 19.2. The maximum atomic E-state index is 12.9. The lowest BCUT2D eigenvalue weighted by Crippen LogP contribution is -2.41. The molecule has 28 heavy (non-hydrogen) atoms. The van der Waals surface area contributed by atoms with Crippen molar-refractivity contribution >= 4 is 16.7 Å². The van der Waals surface area contributed by atoms with E-state index in [1.54, 1.807) is 13.2 Å². The van der Waals surface area contributed by atoms with Gasteiger partial charge in [-0.15, -0.1) is 0 Å². The lowest BCUT2D eigenvalue weighted by molar-refractivity contribution is 0.0571. The number of methoxy groups -OCH3 is 1. The molecule has 4 nitrogen and oxygen atoms in total. The topological polar surface area (TPSA) is 49.8 Å². The van der Waals surface area contributed by atoms with Crippen LogP contribution in [0.5, 0.6) is 5.75 Å². The number of phenols is 1. The Bertz CT molecular complexity index is 979. The summed E-state index contributed by atoms with van der Waals surface area (Å²) in [6.45, 7) is 2.24. The Hall–Kier alpha value is -2.85. The van der Waals surface area contributed by atoms with E-state index in [1.807, 2.05) is 59.5 Å². The van der Waals surface area contributed by atoms with E-state index in [0.717, 1.165) is 47.8 Å². The molecule has 0 radical (unpaired) electrons. The molecule has 3 aromatic carbocycles. The minimum Gasteiger partial charge on any atom is -0.507 e. The van der Waals surface area contributed by atoms with Crippen LogP contribution >= 0.6 is 0 Å². The number of ether oxygens (including phenoxy) is 1. The molecule has 4 heteroatoms. The number of aromatic hydroxyl groups is 1. The number of nitrogens with zero attached hydrogens (tertiary/aromatic N) is 1. The molecular weight excluding hydrogens is 350 g/mol. The van der Waals surface area contributed by atoms with Gasteiger partial charge in [-0.2, -0.15) is 0 Å². The van der Waals surface area contributed by atoms with Crippen LogP contribution in [0.25, 0.3) is 21.9 Å². The van der Waals surface area contributed by atoms with Gasteiger partial charge in [-0.3, -0.25) is 4.79 Å². The SMILES string of the molecule is COC[C@H]1CCCN(C(=O)c2ccc(-c3c(O)ccc4ccccc34)cc2)C1. The Balaban J connectivity index is 1.60. The Kier molecular flexibility index (Phi) is 5.31. The minimum absolute atomic E-state index is 0.0643. The first-order valence-corrected chi connectivity index (χ1v) is 9.76. The van der Waals surface area contributed by atoms with Crippen LogP contribution in [0, 0.1) is 5.92 Å². The second kappa shape index (κ2) is 8.03. The van der Waals surface area contributed by atoms with Crippen LogP contribution in [0.3, 0.4) is 0 Å². The number of likely N-dealkylation sites (tertiary alicyclic amines) is 1. The number of carbonyl (C=O) groups excluding carboxylic acids is 1. The number of hydrogen-bond donors (Lipinski definition) is 1. The number of piperidine rings is 1. The highest BCUT2D eigenvalue weighted by molar-refractivity contribution is 6.00. The highest BCUT2D eigenvalue weighted by atomic mass is 16.5. The number of fused-ring (bicyclic) bond motifs is 1. The van der Waals surface area contributed by atoms with Crippen molar-refractivity contribution < 1.29 is 14.6 Å². The molecule has 4 rings (SSSR count). The van der Waals surface area contributed by atoms with Gasteiger partial charge in [0.05, 0.1) is 6.61 Å². The van der Waals surface area contributed by atoms with Crippen molar-refractivity contribution in [3.05, 3.63) is 66.2 Å². The first-order chi connectivity index (χ1) is 13.7. The number of benzene rings is 3. The van der Waals surface area contributed by atoms with E-state index < -0.39 is 0 Å². The zero-order chi connectivity index (χ0) is 19.5. The van der Waals surface area contributed by atoms with E-state index in [4.69, 9.17) is 4.74 Å². The molecule has 144 valence electrons. The maximum Gasteiger partial charge on any atom is 0.253 e. The second-order valence-electron chi connectivity index (χ2n) is 7.47. The second-order valence-corrected chi connectivity index (χ2v) is 7.47. The van der Waals surface area contributed by atoms with E-state index in [2.05, 4.69) is 0 Å². The Morgan fingerprint density at radius 1 is 1.11 bits per heavy atom. The molecule has 1 aliphatic heterocycles. The Morgan fingerprint density at radius 3 is 2.68 bits per heavy atom. The van der Waals surface area contributed by atoms with Crippen LogP contribution in [0.1, 0.15) is 23.2 Å². The summed E-state index contributed by atoms with van der Waals surface area (Å²) in [5.41, 5.74) is 2.39. The highest BCUT2D eigenvalue weighted by Crippen LogP contribution is 2.36. The normalized spacial score (nSPS) is 17.0. The van der Waals surface area contributed by atoms with Crippen LogP contribution in [0.4, 0.5) is 0 Å². The first kappa shape index (κ1) is 18.5. The van der Waals surface area contributed by atoms with Crippen molar-refractivity contribution in [1.29, 1.82) is 0 Å². The smallest absolute Gasteiger partial charge is 0.253 e. The molecular formula is C24H25NO3. The number of rotatable bonds is 4. The molecule has 0 aliphatic carbocycles. The molecule has 1 saturated heterocycles. The van der Waals surface area contributed by atoms with Gasteiger partial charge in [0.15, 0.2) is 0 Å². The average Bonchev–Trinajstić information content (AvgIpc) is 2.74. The van der Waals surface area contributed by atoms with E-state index >= 15 is 0 Å². The van der Waals surface area contributed by atoms with Gasteiger partial charge in [-0.1, -0.05) is 42.5 Å².